The highest BCUT2D eigenvalue weighted by atomic mass is 16.5. The molecule has 7 nitrogen and oxygen atoms in total. The molecule has 0 radical (unpaired) electrons. The van der Waals surface area contributed by atoms with Gasteiger partial charge in [-0.15, -0.1) is 0 Å². The zero-order valence-corrected chi connectivity index (χ0v) is 13.1. The summed E-state index contributed by atoms with van der Waals surface area (Å²) in [7, 11) is 0. The van der Waals surface area contributed by atoms with Crippen LogP contribution in [-0.4, -0.2) is 36.0 Å². The van der Waals surface area contributed by atoms with Gasteiger partial charge in [0.1, 0.15) is 5.75 Å². The van der Waals surface area contributed by atoms with Crippen LogP contribution in [0.15, 0.2) is 18.2 Å². The van der Waals surface area contributed by atoms with Crippen LogP contribution in [0.3, 0.4) is 0 Å². The summed E-state index contributed by atoms with van der Waals surface area (Å²) in [5.41, 5.74) is -0.0971. The molecule has 1 aliphatic rings. The number of carbonyl (C=O) groups excluding carboxylic acids is 2. The number of carboxylic acids is 1. The number of aliphatic carboxylic acids is 1. The van der Waals surface area contributed by atoms with E-state index >= 15 is 0 Å². The first-order valence-electron chi connectivity index (χ1n) is 7.50. The van der Waals surface area contributed by atoms with Gasteiger partial charge in [-0.3, -0.25) is 14.4 Å². The van der Waals surface area contributed by atoms with Gasteiger partial charge in [-0.25, -0.2) is 0 Å². The number of hydrogen-bond acceptors (Lipinski definition) is 4. The van der Waals surface area contributed by atoms with Crippen molar-refractivity contribution < 1.29 is 24.2 Å². The van der Waals surface area contributed by atoms with Gasteiger partial charge in [-0.05, 0) is 31.0 Å². The second-order valence-corrected chi connectivity index (χ2v) is 5.52. The molecule has 0 atom stereocenters. The highest BCUT2D eigenvalue weighted by molar-refractivity contribution is 5.99. The largest absolute Gasteiger partial charge is 0.482 e. The van der Waals surface area contributed by atoms with E-state index in [0.29, 0.717) is 29.8 Å². The Morgan fingerprint density at radius 3 is 2.65 bits per heavy atom. The lowest BCUT2D eigenvalue weighted by Crippen LogP contribution is -2.42. The lowest BCUT2D eigenvalue weighted by Gasteiger charge is -2.27. The van der Waals surface area contributed by atoms with Gasteiger partial charge in [0.2, 0.25) is 0 Å². The Hall–Kier alpha value is -2.57. The number of anilines is 1. The monoisotopic (exact) mass is 320 g/mol. The molecule has 0 saturated heterocycles. The minimum Gasteiger partial charge on any atom is -0.482 e. The molecule has 1 heterocycles. The van der Waals surface area contributed by atoms with Crippen molar-refractivity contribution in [3.8, 4) is 5.75 Å². The van der Waals surface area contributed by atoms with Crippen molar-refractivity contribution in [1.29, 1.82) is 0 Å². The highest BCUT2D eigenvalue weighted by Gasteiger charge is 2.35. The number of amides is 2. The van der Waals surface area contributed by atoms with Crippen LogP contribution in [0.5, 0.6) is 5.75 Å². The zero-order chi connectivity index (χ0) is 17.0. The molecule has 1 aliphatic heterocycles. The summed E-state index contributed by atoms with van der Waals surface area (Å²) in [4.78, 5) is 34.9. The van der Waals surface area contributed by atoms with E-state index in [4.69, 9.17) is 4.74 Å². The maximum Gasteiger partial charge on any atom is 0.311 e. The first-order valence-corrected chi connectivity index (χ1v) is 7.50. The summed E-state index contributed by atoms with van der Waals surface area (Å²) in [5, 5.41) is 14.7. The van der Waals surface area contributed by atoms with E-state index in [1.807, 2.05) is 0 Å². The minimum absolute atomic E-state index is 0.0584. The van der Waals surface area contributed by atoms with Crippen molar-refractivity contribution in [1.82, 2.24) is 5.32 Å². The molecule has 7 heteroatoms. The fraction of sp³-hybridized carbons (Fsp3) is 0.438. The second kappa shape index (κ2) is 6.68. The molecule has 2 amide bonds. The summed E-state index contributed by atoms with van der Waals surface area (Å²) in [6, 6.07) is 4.68. The molecule has 0 saturated carbocycles. The van der Waals surface area contributed by atoms with Gasteiger partial charge in [0.25, 0.3) is 11.8 Å². The van der Waals surface area contributed by atoms with Crippen molar-refractivity contribution in [2.75, 3.05) is 18.5 Å². The smallest absolute Gasteiger partial charge is 0.311 e. The van der Waals surface area contributed by atoms with E-state index in [9.17, 15) is 19.5 Å². The van der Waals surface area contributed by atoms with Crippen LogP contribution in [-0.2, 0) is 9.59 Å². The zero-order valence-electron chi connectivity index (χ0n) is 13.1. The van der Waals surface area contributed by atoms with Crippen LogP contribution >= 0.6 is 0 Å². The molecule has 0 spiro atoms. The molecule has 23 heavy (non-hydrogen) atoms. The average Bonchev–Trinajstić information content (AvgIpc) is 2.55. The van der Waals surface area contributed by atoms with Crippen LogP contribution in [0.4, 0.5) is 5.69 Å². The van der Waals surface area contributed by atoms with E-state index in [2.05, 4.69) is 10.6 Å². The number of carboxylic acid groups (broad SMARTS) is 1. The van der Waals surface area contributed by atoms with E-state index in [1.165, 1.54) is 6.07 Å². The molecular weight excluding hydrogens is 300 g/mol. The van der Waals surface area contributed by atoms with Gasteiger partial charge in [-0.2, -0.15) is 0 Å². The number of hydrogen-bond donors (Lipinski definition) is 3. The van der Waals surface area contributed by atoms with Gasteiger partial charge < -0.3 is 20.5 Å². The van der Waals surface area contributed by atoms with E-state index in [-0.39, 0.29) is 25.0 Å². The summed E-state index contributed by atoms with van der Waals surface area (Å²) in [5.74, 6) is -1.11. The number of fused-ring (bicyclic) bond motifs is 1. The van der Waals surface area contributed by atoms with Gasteiger partial charge in [-0.1, -0.05) is 13.8 Å². The topological polar surface area (TPSA) is 105 Å². The first-order chi connectivity index (χ1) is 10.9. The maximum atomic E-state index is 12.2. The van der Waals surface area contributed by atoms with Crippen LogP contribution in [0.1, 0.15) is 37.0 Å². The van der Waals surface area contributed by atoms with Crippen LogP contribution in [0.2, 0.25) is 0 Å². The van der Waals surface area contributed by atoms with Crippen molar-refractivity contribution in [3.63, 3.8) is 0 Å². The number of nitrogens with one attached hydrogen (secondary N) is 2. The number of carbonyl (C=O) groups is 3. The molecule has 3 N–H and O–H groups in total. The van der Waals surface area contributed by atoms with Gasteiger partial charge in [0.15, 0.2) is 6.61 Å². The number of ether oxygens (including phenoxy) is 1. The summed E-state index contributed by atoms with van der Waals surface area (Å²) in [6.45, 7) is 3.55. The standard InChI is InChI=1S/C16H20N2O5/c1-3-16(4-2,15(21)22)9-17-14(20)10-5-6-11-12(7-10)23-8-13(19)18-11/h5-7H,3-4,8-9H2,1-2H3,(H,17,20)(H,18,19)(H,21,22). The quantitative estimate of drug-likeness (QED) is 0.739. The highest BCUT2D eigenvalue weighted by Crippen LogP contribution is 2.29. The lowest BCUT2D eigenvalue weighted by molar-refractivity contribution is -0.149. The lowest BCUT2D eigenvalue weighted by atomic mass is 9.82. The van der Waals surface area contributed by atoms with E-state index in [0.717, 1.165) is 0 Å². The fourth-order valence-electron chi connectivity index (χ4n) is 2.45. The Kier molecular flexibility index (Phi) is 4.88. The van der Waals surface area contributed by atoms with Crippen molar-refractivity contribution >= 4 is 23.5 Å². The average molecular weight is 320 g/mol. The maximum absolute atomic E-state index is 12.2. The summed E-state index contributed by atoms with van der Waals surface area (Å²) in [6.07, 6.45) is 0.858. The molecule has 0 fully saturated rings. The number of benzene rings is 1. The molecule has 1 aromatic carbocycles. The third-order valence-corrected chi connectivity index (χ3v) is 4.27. The molecule has 124 valence electrons. The number of rotatable bonds is 6. The Bertz CT molecular complexity index is 637. The van der Waals surface area contributed by atoms with Crippen LogP contribution in [0, 0.1) is 5.41 Å². The third kappa shape index (κ3) is 3.44. The Labute approximate surface area is 134 Å². The Morgan fingerprint density at radius 1 is 1.35 bits per heavy atom. The Balaban J connectivity index is 2.09. The molecular formula is C16H20N2O5. The van der Waals surface area contributed by atoms with Crippen molar-refractivity contribution in [2.45, 2.75) is 26.7 Å². The fourth-order valence-corrected chi connectivity index (χ4v) is 2.45. The molecule has 0 aromatic heterocycles. The molecule has 1 aromatic rings. The summed E-state index contributed by atoms with van der Waals surface area (Å²) >= 11 is 0. The van der Waals surface area contributed by atoms with Gasteiger partial charge >= 0.3 is 5.97 Å². The van der Waals surface area contributed by atoms with E-state index < -0.39 is 11.4 Å². The Morgan fingerprint density at radius 2 is 2.04 bits per heavy atom. The summed E-state index contributed by atoms with van der Waals surface area (Å²) < 4.78 is 5.27. The van der Waals surface area contributed by atoms with Crippen LogP contribution < -0.4 is 15.4 Å². The first kappa shape index (κ1) is 16.8. The predicted molar refractivity (Wildman–Crippen MR) is 83.6 cm³/mol. The van der Waals surface area contributed by atoms with E-state index in [1.54, 1.807) is 26.0 Å². The predicted octanol–water partition coefficient (Wildman–Crippen LogP) is 1.64. The molecule has 2 rings (SSSR count). The SMILES string of the molecule is CCC(CC)(CNC(=O)c1ccc2c(c1)OCC(=O)N2)C(=O)O. The minimum atomic E-state index is -0.964. The second-order valence-electron chi connectivity index (χ2n) is 5.52. The molecule has 0 unspecified atom stereocenters. The van der Waals surface area contributed by atoms with Crippen molar-refractivity contribution in [2.24, 2.45) is 5.41 Å². The van der Waals surface area contributed by atoms with Gasteiger partial charge in [0, 0.05) is 12.1 Å². The third-order valence-electron chi connectivity index (χ3n) is 4.27. The van der Waals surface area contributed by atoms with Crippen molar-refractivity contribution in [3.05, 3.63) is 23.8 Å². The van der Waals surface area contributed by atoms with Gasteiger partial charge in [0.05, 0.1) is 11.1 Å². The molecule has 0 bridgehead atoms. The van der Waals surface area contributed by atoms with Crippen LogP contribution in [0.25, 0.3) is 0 Å². The molecule has 0 aliphatic carbocycles. The normalized spacial score (nSPS) is 13.6.